The summed E-state index contributed by atoms with van der Waals surface area (Å²) >= 11 is 1.73. The van der Waals surface area contributed by atoms with Crippen molar-refractivity contribution in [2.45, 2.75) is 22.9 Å². The number of fused-ring (bicyclic) bond motifs is 1. The van der Waals surface area contributed by atoms with Crippen LogP contribution in [-0.4, -0.2) is 4.98 Å². The van der Waals surface area contributed by atoms with Crippen LogP contribution < -0.4 is 5.73 Å². The molecule has 0 aliphatic heterocycles. The Morgan fingerprint density at radius 3 is 2.58 bits per heavy atom. The number of aromatic nitrogens is 1. The minimum atomic E-state index is 0.0491. The van der Waals surface area contributed by atoms with Gasteiger partial charge in [0.05, 0.1) is 5.03 Å². The topological polar surface area (TPSA) is 41.8 Å². The molecule has 0 amide bonds. The molecular weight excluding hydrogens is 252 g/mol. The van der Waals surface area contributed by atoms with Crippen LogP contribution in [0.3, 0.4) is 0 Å². The summed E-state index contributed by atoms with van der Waals surface area (Å²) in [5.74, 6) is 0. The van der Waals surface area contributed by atoms with Gasteiger partial charge in [-0.05, 0) is 30.7 Å². The summed E-state index contributed by atoms with van der Waals surface area (Å²) in [4.78, 5) is 4.64. The second kappa shape index (κ2) is 5.11. The summed E-state index contributed by atoms with van der Waals surface area (Å²) in [6.07, 6.45) is 0. The Bertz CT molecular complexity index is 668. The van der Waals surface area contributed by atoms with Crippen LogP contribution in [0, 0.1) is 0 Å². The number of nitrogens with two attached hydrogens (primary N) is 1. The quantitative estimate of drug-likeness (QED) is 0.742. The molecule has 1 atom stereocenters. The number of H-pyrrole nitrogens is 1. The molecular formula is C16H16N2S. The minimum absolute atomic E-state index is 0.0491. The van der Waals surface area contributed by atoms with Crippen LogP contribution in [0.2, 0.25) is 0 Å². The van der Waals surface area contributed by atoms with Crippen LogP contribution in [0.15, 0.2) is 64.5 Å². The van der Waals surface area contributed by atoms with E-state index in [-0.39, 0.29) is 6.04 Å². The van der Waals surface area contributed by atoms with E-state index in [9.17, 15) is 0 Å². The first-order chi connectivity index (χ1) is 9.24. The van der Waals surface area contributed by atoms with Crippen molar-refractivity contribution in [1.29, 1.82) is 0 Å². The molecule has 3 N–H and O–H groups in total. The van der Waals surface area contributed by atoms with Crippen molar-refractivity contribution in [3.05, 3.63) is 60.2 Å². The zero-order chi connectivity index (χ0) is 13.2. The van der Waals surface area contributed by atoms with Crippen molar-refractivity contribution in [3.63, 3.8) is 0 Å². The van der Waals surface area contributed by atoms with Gasteiger partial charge in [0.1, 0.15) is 0 Å². The van der Waals surface area contributed by atoms with E-state index in [0.717, 1.165) is 5.03 Å². The average molecular weight is 268 g/mol. The highest BCUT2D eigenvalue weighted by Gasteiger charge is 2.09. The predicted molar refractivity (Wildman–Crippen MR) is 81.5 cm³/mol. The van der Waals surface area contributed by atoms with E-state index >= 15 is 0 Å². The van der Waals surface area contributed by atoms with Crippen LogP contribution in [-0.2, 0) is 0 Å². The van der Waals surface area contributed by atoms with E-state index in [0.29, 0.717) is 0 Å². The summed E-state index contributed by atoms with van der Waals surface area (Å²) in [7, 11) is 0. The number of hydrogen-bond donors (Lipinski definition) is 2. The molecule has 0 spiro atoms. The van der Waals surface area contributed by atoms with Crippen molar-refractivity contribution in [2.24, 2.45) is 5.73 Å². The lowest BCUT2D eigenvalue weighted by molar-refractivity contribution is 0.797. The maximum absolute atomic E-state index is 6.02. The Hall–Kier alpha value is -1.71. The fourth-order valence-corrected chi connectivity index (χ4v) is 3.27. The van der Waals surface area contributed by atoms with Gasteiger partial charge in [-0.15, -0.1) is 0 Å². The van der Waals surface area contributed by atoms with Crippen LogP contribution in [0.5, 0.6) is 0 Å². The van der Waals surface area contributed by atoms with Gasteiger partial charge in [0.2, 0.25) is 0 Å². The molecule has 0 aliphatic rings. The Balaban J connectivity index is 1.97. The van der Waals surface area contributed by atoms with Gasteiger partial charge in [-0.2, -0.15) is 0 Å². The molecule has 0 fully saturated rings. The van der Waals surface area contributed by atoms with Gasteiger partial charge in [0.15, 0.2) is 0 Å². The number of aromatic amines is 1. The average Bonchev–Trinajstić information content (AvgIpc) is 2.81. The van der Waals surface area contributed by atoms with Crippen molar-refractivity contribution in [1.82, 2.24) is 4.98 Å². The second-order valence-corrected chi connectivity index (χ2v) is 5.73. The molecule has 3 aromatic rings. The molecule has 3 heteroatoms. The SMILES string of the molecule is C[C@H](N)c1ccccc1Sc1cc2ccccc2[nH]1. The monoisotopic (exact) mass is 268 g/mol. The van der Waals surface area contributed by atoms with Crippen molar-refractivity contribution in [3.8, 4) is 0 Å². The maximum Gasteiger partial charge on any atom is 0.0780 e. The fraction of sp³-hybridized carbons (Fsp3) is 0.125. The molecule has 19 heavy (non-hydrogen) atoms. The standard InChI is InChI=1S/C16H16N2S/c1-11(17)13-7-3-5-9-15(13)19-16-10-12-6-2-4-8-14(12)18-16/h2-11,18H,17H2,1H3/t11-/m0/s1. The Morgan fingerprint density at radius 2 is 1.79 bits per heavy atom. The molecule has 1 heterocycles. The van der Waals surface area contributed by atoms with E-state index < -0.39 is 0 Å². The van der Waals surface area contributed by atoms with Gasteiger partial charge in [-0.25, -0.2) is 0 Å². The van der Waals surface area contributed by atoms with Gasteiger partial charge < -0.3 is 10.7 Å². The van der Waals surface area contributed by atoms with E-state index in [2.05, 4.69) is 47.4 Å². The summed E-state index contributed by atoms with van der Waals surface area (Å²) in [6.45, 7) is 2.02. The van der Waals surface area contributed by atoms with E-state index in [1.54, 1.807) is 11.8 Å². The van der Waals surface area contributed by atoms with Gasteiger partial charge in [0, 0.05) is 21.8 Å². The largest absolute Gasteiger partial charge is 0.349 e. The number of rotatable bonds is 3. The molecule has 0 aliphatic carbocycles. The summed E-state index contributed by atoms with van der Waals surface area (Å²) in [5, 5.41) is 2.39. The minimum Gasteiger partial charge on any atom is -0.349 e. The van der Waals surface area contributed by atoms with Gasteiger partial charge in [0.25, 0.3) is 0 Å². The predicted octanol–water partition coefficient (Wildman–Crippen LogP) is 4.34. The molecule has 1 aromatic heterocycles. The van der Waals surface area contributed by atoms with Gasteiger partial charge in [-0.3, -0.25) is 0 Å². The third-order valence-corrected chi connectivity index (χ3v) is 4.17. The second-order valence-electron chi connectivity index (χ2n) is 4.65. The van der Waals surface area contributed by atoms with E-state index in [1.165, 1.54) is 21.4 Å². The molecule has 96 valence electrons. The van der Waals surface area contributed by atoms with Crippen LogP contribution in [0.25, 0.3) is 10.9 Å². The molecule has 2 nitrogen and oxygen atoms in total. The highest BCUT2D eigenvalue weighted by Crippen LogP contribution is 2.33. The van der Waals surface area contributed by atoms with Crippen LogP contribution in [0.4, 0.5) is 0 Å². The van der Waals surface area contributed by atoms with Crippen LogP contribution in [0.1, 0.15) is 18.5 Å². The smallest absolute Gasteiger partial charge is 0.0780 e. The number of benzene rings is 2. The Kier molecular flexibility index (Phi) is 3.32. The van der Waals surface area contributed by atoms with Crippen molar-refractivity contribution >= 4 is 22.7 Å². The molecule has 2 aromatic carbocycles. The molecule has 0 bridgehead atoms. The van der Waals surface area contributed by atoms with Gasteiger partial charge >= 0.3 is 0 Å². The number of hydrogen-bond acceptors (Lipinski definition) is 2. The summed E-state index contributed by atoms with van der Waals surface area (Å²) in [5.41, 5.74) is 8.38. The van der Waals surface area contributed by atoms with E-state index in [1.807, 2.05) is 19.1 Å². The summed E-state index contributed by atoms with van der Waals surface area (Å²) < 4.78 is 0. The normalized spacial score (nSPS) is 12.7. The zero-order valence-corrected chi connectivity index (χ0v) is 11.6. The number of nitrogens with one attached hydrogen (secondary N) is 1. The third kappa shape index (κ3) is 2.53. The van der Waals surface area contributed by atoms with Crippen LogP contribution >= 0.6 is 11.8 Å². The molecule has 0 unspecified atom stereocenters. The first-order valence-corrected chi connectivity index (χ1v) is 7.16. The first-order valence-electron chi connectivity index (χ1n) is 6.34. The number of para-hydroxylation sites is 1. The third-order valence-electron chi connectivity index (χ3n) is 3.13. The van der Waals surface area contributed by atoms with Crippen molar-refractivity contribution < 1.29 is 0 Å². The lowest BCUT2D eigenvalue weighted by atomic mass is 10.1. The van der Waals surface area contributed by atoms with Gasteiger partial charge in [-0.1, -0.05) is 48.2 Å². The van der Waals surface area contributed by atoms with Crippen molar-refractivity contribution in [2.75, 3.05) is 0 Å². The highest BCUT2D eigenvalue weighted by molar-refractivity contribution is 7.99. The first kappa shape index (κ1) is 12.3. The highest BCUT2D eigenvalue weighted by atomic mass is 32.2. The maximum atomic E-state index is 6.02. The van der Waals surface area contributed by atoms with E-state index in [4.69, 9.17) is 5.73 Å². The Labute approximate surface area is 117 Å². The lowest BCUT2D eigenvalue weighted by Crippen LogP contribution is -2.05. The lowest BCUT2D eigenvalue weighted by Gasteiger charge is -2.10. The molecule has 3 rings (SSSR count). The Morgan fingerprint density at radius 1 is 1.05 bits per heavy atom. The fourth-order valence-electron chi connectivity index (χ4n) is 2.17. The molecule has 0 saturated carbocycles. The molecule has 0 saturated heterocycles. The molecule has 0 radical (unpaired) electrons. The summed E-state index contributed by atoms with van der Waals surface area (Å²) in [6, 6.07) is 18.8. The zero-order valence-electron chi connectivity index (χ0n) is 10.8.